The summed E-state index contributed by atoms with van der Waals surface area (Å²) in [5.41, 5.74) is 5.48. The van der Waals surface area contributed by atoms with Gasteiger partial charge in [-0.05, 0) is 6.42 Å². The van der Waals surface area contributed by atoms with E-state index in [1.807, 2.05) is 0 Å². The SMILES string of the molecule is CC(C)C(=O)N1C(=O)CCC1CN. The lowest BCUT2D eigenvalue weighted by molar-refractivity contribution is -0.145. The molecule has 1 rings (SSSR count). The lowest BCUT2D eigenvalue weighted by atomic mass is 10.1. The average molecular weight is 184 g/mol. The molecule has 0 aromatic heterocycles. The number of imide groups is 1. The van der Waals surface area contributed by atoms with Crippen LogP contribution in [-0.2, 0) is 9.59 Å². The highest BCUT2D eigenvalue weighted by molar-refractivity contribution is 5.98. The zero-order valence-electron chi connectivity index (χ0n) is 8.12. The van der Waals surface area contributed by atoms with E-state index in [0.717, 1.165) is 0 Å². The van der Waals surface area contributed by atoms with Crippen molar-refractivity contribution < 1.29 is 9.59 Å². The molecule has 1 saturated heterocycles. The summed E-state index contributed by atoms with van der Waals surface area (Å²) in [5.74, 6) is -0.303. The van der Waals surface area contributed by atoms with Gasteiger partial charge in [-0.3, -0.25) is 14.5 Å². The van der Waals surface area contributed by atoms with Gasteiger partial charge in [0, 0.05) is 18.9 Å². The molecule has 2 N–H and O–H groups in total. The molecule has 1 aliphatic rings. The molecule has 1 heterocycles. The maximum atomic E-state index is 11.6. The van der Waals surface area contributed by atoms with Crippen molar-refractivity contribution in [3.05, 3.63) is 0 Å². The number of amides is 2. The molecule has 0 aromatic carbocycles. The summed E-state index contributed by atoms with van der Waals surface area (Å²) in [5, 5.41) is 0. The minimum absolute atomic E-state index is 0.0672. The van der Waals surface area contributed by atoms with Crippen molar-refractivity contribution >= 4 is 11.8 Å². The van der Waals surface area contributed by atoms with E-state index in [1.165, 1.54) is 4.90 Å². The average Bonchev–Trinajstić information content (AvgIpc) is 2.45. The fraction of sp³-hybridized carbons (Fsp3) is 0.778. The number of hydrogen-bond donors (Lipinski definition) is 1. The van der Waals surface area contributed by atoms with Crippen molar-refractivity contribution in [1.82, 2.24) is 4.90 Å². The van der Waals surface area contributed by atoms with Crippen LogP contribution in [0, 0.1) is 5.92 Å². The molecule has 0 aromatic rings. The maximum Gasteiger partial charge on any atom is 0.232 e. The Bertz CT molecular complexity index is 226. The van der Waals surface area contributed by atoms with Gasteiger partial charge in [-0.2, -0.15) is 0 Å². The Morgan fingerprint density at radius 2 is 2.31 bits per heavy atom. The van der Waals surface area contributed by atoms with E-state index >= 15 is 0 Å². The third kappa shape index (κ3) is 1.88. The van der Waals surface area contributed by atoms with Crippen LogP contribution in [0.2, 0.25) is 0 Å². The van der Waals surface area contributed by atoms with Gasteiger partial charge < -0.3 is 5.73 Å². The maximum absolute atomic E-state index is 11.6. The van der Waals surface area contributed by atoms with Crippen LogP contribution in [-0.4, -0.2) is 29.3 Å². The van der Waals surface area contributed by atoms with Crippen molar-refractivity contribution in [1.29, 1.82) is 0 Å². The highest BCUT2D eigenvalue weighted by Crippen LogP contribution is 2.19. The first kappa shape index (κ1) is 10.2. The molecule has 13 heavy (non-hydrogen) atoms. The van der Waals surface area contributed by atoms with Crippen molar-refractivity contribution in [2.75, 3.05) is 6.54 Å². The lowest BCUT2D eigenvalue weighted by Crippen LogP contribution is -2.44. The third-order valence-electron chi connectivity index (χ3n) is 2.33. The number of nitrogens with two attached hydrogens (primary N) is 1. The van der Waals surface area contributed by atoms with Crippen LogP contribution in [0.4, 0.5) is 0 Å². The highest BCUT2D eigenvalue weighted by Gasteiger charge is 2.35. The Morgan fingerprint density at radius 1 is 1.69 bits per heavy atom. The van der Waals surface area contributed by atoms with E-state index in [-0.39, 0.29) is 23.8 Å². The number of carbonyl (C=O) groups is 2. The quantitative estimate of drug-likeness (QED) is 0.663. The Labute approximate surface area is 78.1 Å². The number of carbonyl (C=O) groups excluding carboxylic acids is 2. The molecular formula is C9H16N2O2. The summed E-state index contributed by atoms with van der Waals surface area (Å²) in [6.07, 6.45) is 1.17. The molecule has 0 aliphatic carbocycles. The van der Waals surface area contributed by atoms with E-state index < -0.39 is 0 Å². The topological polar surface area (TPSA) is 63.4 Å². The summed E-state index contributed by atoms with van der Waals surface area (Å²) in [6, 6.07) is -0.0672. The first-order chi connectivity index (χ1) is 6.07. The Balaban J connectivity index is 2.75. The Morgan fingerprint density at radius 3 is 2.77 bits per heavy atom. The highest BCUT2D eigenvalue weighted by atomic mass is 16.2. The predicted octanol–water partition coefficient (Wildman–Crippen LogP) is 0.119. The van der Waals surface area contributed by atoms with Crippen LogP contribution in [0.25, 0.3) is 0 Å². The second kappa shape index (κ2) is 3.87. The van der Waals surface area contributed by atoms with Gasteiger partial charge in [0.25, 0.3) is 0 Å². The number of likely N-dealkylation sites (tertiary alicyclic amines) is 1. The molecular weight excluding hydrogens is 168 g/mol. The zero-order valence-corrected chi connectivity index (χ0v) is 8.12. The minimum atomic E-state index is -0.129. The van der Waals surface area contributed by atoms with Crippen molar-refractivity contribution in [3.8, 4) is 0 Å². The number of nitrogens with zero attached hydrogens (tertiary/aromatic N) is 1. The second-order valence-electron chi connectivity index (χ2n) is 3.68. The monoisotopic (exact) mass is 184 g/mol. The Hall–Kier alpha value is -0.900. The summed E-state index contributed by atoms with van der Waals surface area (Å²) in [4.78, 5) is 24.3. The van der Waals surface area contributed by atoms with Crippen LogP contribution in [0.15, 0.2) is 0 Å². The van der Waals surface area contributed by atoms with Crippen LogP contribution in [0.5, 0.6) is 0 Å². The van der Waals surface area contributed by atoms with E-state index in [0.29, 0.717) is 19.4 Å². The Kier molecular flexibility index (Phi) is 3.03. The molecule has 1 aliphatic heterocycles. The normalized spacial score (nSPS) is 22.9. The molecule has 4 heteroatoms. The van der Waals surface area contributed by atoms with Crippen LogP contribution in [0.3, 0.4) is 0 Å². The first-order valence-corrected chi connectivity index (χ1v) is 4.64. The third-order valence-corrected chi connectivity index (χ3v) is 2.33. The first-order valence-electron chi connectivity index (χ1n) is 4.64. The van der Waals surface area contributed by atoms with Gasteiger partial charge >= 0.3 is 0 Å². The van der Waals surface area contributed by atoms with Gasteiger partial charge in [0.2, 0.25) is 11.8 Å². The van der Waals surface area contributed by atoms with Crippen LogP contribution in [0.1, 0.15) is 26.7 Å². The number of rotatable bonds is 2. The number of hydrogen-bond acceptors (Lipinski definition) is 3. The summed E-state index contributed by atoms with van der Waals surface area (Å²) in [6.45, 7) is 3.97. The van der Waals surface area contributed by atoms with Crippen LogP contribution >= 0.6 is 0 Å². The van der Waals surface area contributed by atoms with E-state index in [9.17, 15) is 9.59 Å². The molecule has 2 amide bonds. The molecule has 4 nitrogen and oxygen atoms in total. The minimum Gasteiger partial charge on any atom is -0.328 e. The summed E-state index contributed by atoms with van der Waals surface area (Å²) < 4.78 is 0. The molecule has 0 saturated carbocycles. The van der Waals surface area contributed by atoms with Crippen molar-refractivity contribution in [2.24, 2.45) is 11.7 Å². The molecule has 1 unspecified atom stereocenters. The van der Waals surface area contributed by atoms with Gasteiger partial charge in [0.15, 0.2) is 0 Å². The van der Waals surface area contributed by atoms with E-state index in [1.54, 1.807) is 13.8 Å². The standard InChI is InChI=1S/C9H16N2O2/c1-6(2)9(13)11-7(5-10)3-4-8(11)12/h6-7H,3-5,10H2,1-2H3. The smallest absolute Gasteiger partial charge is 0.232 e. The van der Waals surface area contributed by atoms with Gasteiger partial charge in [0.05, 0.1) is 6.04 Å². The molecule has 0 bridgehead atoms. The van der Waals surface area contributed by atoms with Gasteiger partial charge in [-0.15, -0.1) is 0 Å². The van der Waals surface area contributed by atoms with E-state index in [4.69, 9.17) is 5.73 Å². The van der Waals surface area contributed by atoms with Crippen molar-refractivity contribution in [2.45, 2.75) is 32.7 Å². The summed E-state index contributed by atoms with van der Waals surface area (Å²) in [7, 11) is 0. The molecule has 1 fully saturated rings. The zero-order chi connectivity index (χ0) is 10.0. The van der Waals surface area contributed by atoms with Crippen molar-refractivity contribution in [3.63, 3.8) is 0 Å². The largest absolute Gasteiger partial charge is 0.328 e. The molecule has 0 radical (unpaired) electrons. The molecule has 1 atom stereocenters. The molecule has 74 valence electrons. The lowest BCUT2D eigenvalue weighted by Gasteiger charge is -2.23. The fourth-order valence-electron chi connectivity index (χ4n) is 1.55. The molecule has 0 spiro atoms. The summed E-state index contributed by atoms with van der Waals surface area (Å²) >= 11 is 0. The predicted molar refractivity (Wildman–Crippen MR) is 48.8 cm³/mol. The van der Waals surface area contributed by atoms with E-state index in [2.05, 4.69) is 0 Å². The van der Waals surface area contributed by atoms with Gasteiger partial charge in [-0.1, -0.05) is 13.8 Å². The van der Waals surface area contributed by atoms with Gasteiger partial charge in [0.1, 0.15) is 0 Å². The van der Waals surface area contributed by atoms with Gasteiger partial charge in [-0.25, -0.2) is 0 Å². The fourth-order valence-corrected chi connectivity index (χ4v) is 1.55. The second-order valence-corrected chi connectivity index (χ2v) is 3.68. The van der Waals surface area contributed by atoms with Crippen LogP contribution < -0.4 is 5.73 Å².